The number of benzene rings is 3. The highest BCUT2D eigenvalue weighted by Gasteiger charge is 2.35. The molecule has 1 atom stereocenters. The van der Waals surface area contributed by atoms with E-state index in [0.29, 0.717) is 23.7 Å². The van der Waals surface area contributed by atoms with E-state index in [9.17, 15) is 26.0 Å². The minimum atomic E-state index is -4.67. The van der Waals surface area contributed by atoms with Crippen molar-refractivity contribution in [3.05, 3.63) is 88.2 Å². The molecule has 0 N–H and O–H groups in total. The number of hydrogen-bond acceptors (Lipinski definition) is 3. The number of fused-ring (bicyclic) bond motifs is 1. The van der Waals surface area contributed by atoms with Crippen LogP contribution in [0.2, 0.25) is 5.02 Å². The number of anilines is 1. The van der Waals surface area contributed by atoms with Gasteiger partial charge in [-0.1, -0.05) is 36.7 Å². The summed E-state index contributed by atoms with van der Waals surface area (Å²) >= 11 is 6.04. The third-order valence-corrected chi connectivity index (χ3v) is 7.70. The largest absolute Gasteiger partial charge is 0.489 e. The van der Waals surface area contributed by atoms with Gasteiger partial charge in [0.2, 0.25) is 0 Å². The second-order valence-corrected chi connectivity index (χ2v) is 10.4. The summed E-state index contributed by atoms with van der Waals surface area (Å²) in [4.78, 5) is -0.452. The first-order valence-electron chi connectivity index (χ1n) is 10.4. The van der Waals surface area contributed by atoms with E-state index >= 15 is 0 Å². The summed E-state index contributed by atoms with van der Waals surface area (Å²) in [6, 6.07) is 12.8. The molecule has 10 heteroatoms. The van der Waals surface area contributed by atoms with Gasteiger partial charge in [0.15, 0.2) is 0 Å². The molecular formula is C24H20ClF4NO3S. The van der Waals surface area contributed by atoms with Crippen molar-refractivity contribution in [2.45, 2.75) is 31.0 Å². The lowest BCUT2D eigenvalue weighted by Gasteiger charge is -2.34. The van der Waals surface area contributed by atoms with E-state index in [1.807, 2.05) is 6.92 Å². The van der Waals surface area contributed by atoms with Gasteiger partial charge in [-0.25, -0.2) is 12.8 Å². The topological polar surface area (TPSA) is 46.6 Å². The molecule has 0 aromatic heterocycles. The lowest BCUT2D eigenvalue weighted by molar-refractivity contribution is -0.137. The fourth-order valence-corrected chi connectivity index (χ4v) is 5.75. The van der Waals surface area contributed by atoms with Crippen LogP contribution in [0.25, 0.3) is 0 Å². The SMILES string of the molecule is CC1Cc2ccc(OCc3c(F)cccc3Cl)cc2N(S(=O)(=O)c2cccc(C(F)(F)F)c2)C1. The third kappa shape index (κ3) is 4.86. The Kier molecular flexibility index (Phi) is 6.52. The van der Waals surface area contributed by atoms with Crippen LogP contribution in [0, 0.1) is 11.7 Å². The summed E-state index contributed by atoms with van der Waals surface area (Å²) in [5.74, 6) is -0.318. The molecule has 0 spiro atoms. The van der Waals surface area contributed by atoms with Crippen molar-refractivity contribution in [3.8, 4) is 5.75 Å². The van der Waals surface area contributed by atoms with Crippen LogP contribution in [0.1, 0.15) is 23.6 Å². The molecule has 0 aliphatic carbocycles. The summed E-state index contributed by atoms with van der Waals surface area (Å²) in [6.07, 6.45) is -4.09. The Balaban J connectivity index is 1.69. The molecule has 0 fully saturated rings. The standard InChI is InChI=1S/C24H20ClF4NO3S/c1-15-10-16-8-9-18(33-14-20-21(25)6-3-7-22(20)26)12-23(16)30(13-15)34(31,32)19-5-2-4-17(11-19)24(27,28)29/h2-9,11-12,15H,10,13-14H2,1H3. The molecule has 180 valence electrons. The Bertz CT molecular complexity index is 1310. The fourth-order valence-electron chi connectivity index (χ4n) is 3.87. The lowest BCUT2D eigenvalue weighted by atomic mass is 9.95. The fraction of sp³-hybridized carbons (Fsp3) is 0.250. The first-order chi connectivity index (χ1) is 16.0. The molecule has 0 radical (unpaired) electrons. The third-order valence-electron chi connectivity index (χ3n) is 5.57. The van der Waals surface area contributed by atoms with Gasteiger partial charge in [-0.15, -0.1) is 0 Å². The molecule has 1 aliphatic rings. The number of hydrogen-bond donors (Lipinski definition) is 0. The molecule has 1 unspecified atom stereocenters. The monoisotopic (exact) mass is 513 g/mol. The Labute approximate surface area is 199 Å². The number of rotatable bonds is 5. The maximum Gasteiger partial charge on any atom is 0.416 e. The van der Waals surface area contributed by atoms with Crippen LogP contribution < -0.4 is 9.04 Å². The highest BCUT2D eigenvalue weighted by molar-refractivity contribution is 7.92. The summed E-state index contributed by atoms with van der Waals surface area (Å²) in [6.45, 7) is 1.78. The van der Waals surface area contributed by atoms with Crippen LogP contribution in [-0.2, 0) is 29.2 Å². The zero-order valence-electron chi connectivity index (χ0n) is 17.9. The first kappa shape index (κ1) is 24.3. The lowest BCUT2D eigenvalue weighted by Crippen LogP contribution is -2.39. The summed E-state index contributed by atoms with van der Waals surface area (Å²) in [7, 11) is -4.29. The average molecular weight is 514 g/mol. The van der Waals surface area contributed by atoms with E-state index in [1.165, 1.54) is 24.3 Å². The van der Waals surface area contributed by atoms with Crippen LogP contribution in [0.4, 0.5) is 23.2 Å². The first-order valence-corrected chi connectivity index (χ1v) is 12.2. The number of alkyl halides is 3. The Hall–Kier alpha value is -2.78. The quantitative estimate of drug-likeness (QED) is 0.368. The van der Waals surface area contributed by atoms with Crippen molar-refractivity contribution >= 4 is 27.3 Å². The van der Waals surface area contributed by atoms with E-state index < -0.39 is 32.5 Å². The minimum Gasteiger partial charge on any atom is -0.489 e. The molecule has 0 saturated heterocycles. The van der Waals surface area contributed by atoms with Gasteiger partial charge in [-0.3, -0.25) is 4.31 Å². The molecular weight excluding hydrogens is 494 g/mol. The number of nitrogens with zero attached hydrogens (tertiary/aromatic N) is 1. The van der Waals surface area contributed by atoms with E-state index in [0.717, 1.165) is 22.5 Å². The molecule has 34 heavy (non-hydrogen) atoms. The van der Waals surface area contributed by atoms with Crippen molar-refractivity contribution in [3.63, 3.8) is 0 Å². The van der Waals surface area contributed by atoms with E-state index in [4.69, 9.17) is 16.3 Å². The highest BCUT2D eigenvalue weighted by atomic mass is 35.5. The average Bonchev–Trinajstić information content (AvgIpc) is 2.78. The van der Waals surface area contributed by atoms with Crippen molar-refractivity contribution < 1.29 is 30.7 Å². The predicted octanol–water partition coefficient (Wildman–Crippen LogP) is 6.46. The summed E-state index contributed by atoms with van der Waals surface area (Å²) in [5, 5.41) is 0.195. The maximum atomic E-state index is 14.1. The van der Waals surface area contributed by atoms with Crippen molar-refractivity contribution in [2.75, 3.05) is 10.8 Å². The van der Waals surface area contributed by atoms with Crippen LogP contribution in [0.3, 0.4) is 0 Å². The summed E-state index contributed by atoms with van der Waals surface area (Å²) in [5.41, 5.74) is 0.139. The van der Waals surface area contributed by atoms with Crippen molar-refractivity contribution in [2.24, 2.45) is 5.92 Å². The Morgan fingerprint density at radius 3 is 2.53 bits per heavy atom. The molecule has 0 amide bonds. The molecule has 3 aromatic rings. The van der Waals surface area contributed by atoms with Gasteiger partial charge in [-0.05, 0) is 54.3 Å². The Morgan fingerprint density at radius 1 is 1.09 bits per heavy atom. The molecule has 4 nitrogen and oxygen atoms in total. The van der Waals surface area contributed by atoms with Gasteiger partial charge in [0.25, 0.3) is 10.0 Å². The molecule has 0 saturated carbocycles. The van der Waals surface area contributed by atoms with E-state index in [-0.39, 0.29) is 35.4 Å². The molecule has 1 aliphatic heterocycles. The second kappa shape index (κ2) is 9.11. The number of halogens is 5. The van der Waals surface area contributed by atoms with E-state index in [1.54, 1.807) is 12.1 Å². The predicted molar refractivity (Wildman–Crippen MR) is 121 cm³/mol. The van der Waals surface area contributed by atoms with Crippen LogP contribution >= 0.6 is 11.6 Å². The Morgan fingerprint density at radius 2 is 1.82 bits per heavy atom. The van der Waals surface area contributed by atoms with Gasteiger partial charge in [0, 0.05) is 18.2 Å². The van der Waals surface area contributed by atoms with Crippen molar-refractivity contribution in [1.82, 2.24) is 0 Å². The normalized spacial score (nSPS) is 16.3. The second-order valence-electron chi connectivity index (χ2n) is 8.15. The van der Waals surface area contributed by atoms with Gasteiger partial charge in [-0.2, -0.15) is 13.2 Å². The molecule has 0 bridgehead atoms. The van der Waals surface area contributed by atoms with Gasteiger partial charge in [0.1, 0.15) is 18.2 Å². The van der Waals surface area contributed by atoms with Crippen LogP contribution in [-0.4, -0.2) is 15.0 Å². The zero-order valence-corrected chi connectivity index (χ0v) is 19.5. The number of ether oxygens (including phenoxy) is 1. The minimum absolute atomic E-state index is 0.0583. The van der Waals surface area contributed by atoms with Gasteiger partial charge in [0.05, 0.1) is 21.2 Å². The van der Waals surface area contributed by atoms with Crippen LogP contribution in [0.5, 0.6) is 5.75 Å². The van der Waals surface area contributed by atoms with Crippen molar-refractivity contribution in [1.29, 1.82) is 0 Å². The number of sulfonamides is 1. The highest BCUT2D eigenvalue weighted by Crippen LogP contribution is 2.38. The van der Waals surface area contributed by atoms with E-state index in [2.05, 4.69) is 0 Å². The van der Waals surface area contributed by atoms with Gasteiger partial charge >= 0.3 is 6.18 Å². The molecule has 3 aromatic carbocycles. The molecule has 4 rings (SSSR count). The zero-order chi connectivity index (χ0) is 24.7. The molecule has 1 heterocycles. The smallest absolute Gasteiger partial charge is 0.416 e. The van der Waals surface area contributed by atoms with Gasteiger partial charge < -0.3 is 4.74 Å². The summed E-state index contributed by atoms with van der Waals surface area (Å²) < 4.78 is 87.2. The van der Waals surface area contributed by atoms with Crippen LogP contribution in [0.15, 0.2) is 65.6 Å². The maximum absolute atomic E-state index is 14.1.